The molecule has 0 aliphatic rings. The van der Waals surface area contributed by atoms with Gasteiger partial charge < -0.3 is 4.90 Å². The molecular weight excluding hydrogens is 170 g/mol. The van der Waals surface area contributed by atoms with Gasteiger partial charge in [0.2, 0.25) is 6.41 Å². The Bertz CT molecular complexity index is 54.4. The Labute approximate surface area is 60.6 Å². The van der Waals surface area contributed by atoms with Gasteiger partial charge in [0.1, 0.15) is 0 Å². The number of hydrogen-bond donors (Lipinski definition) is 0. The molecule has 0 saturated carbocycles. The van der Waals surface area contributed by atoms with E-state index in [4.69, 9.17) is 0 Å². The lowest BCUT2D eigenvalue weighted by atomic mass is 10.6. The predicted octanol–water partition coefficient (Wildman–Crippen LogP) is 1.06. The maximum absolute atomic E-state index is 9.89. The van der Waals surface area contributed by atoms with Crippen LogP contribution in [0.4, 0.5) is 0 Å². The molecule has 0 N–H and O–H groups in total. The van der Waals surface area contributed by atoms with Gasteiger partial charge in [0.05, 0.1) is 0 Å². The van der Waals surface area contributed by atoms with Crippen molar-refractivity contribution < 1.29 is 4.79 Å². The van der Waals surface area contributed by atoms with Crippen molar-refractivity contribution in [3.05, 3.63) is 0 Å². The Morgan fingerprint density at radius 3 is 1.75 bits per heavy atom. The number of carbonyl (C=O) groups excluding carboxylic acids is 1. The lowest BCUT2D eigenvalue weighted by molar-refractivity contribution is -0.117. The molecule has 0 aliphatic carbocycles. The van der Waals surface area contributed by atoms with Gasteiger partial charge in [0.25, 0.3) is 0 Å². The molecule has 8 heavy (non-hydrogen) atoms. The quantitative estimate of drug-likeness (QED) is 0.597. The summed E-state index contributed by atoms with van der Waals surface area (Å²) in [5.74, 6) is 0. The Morgan fingerprint density at radius 2 is 1.75 bits per heavy atom. The zero-order valence-electron chi connectivity index (χ0n) is 5.26. The molecule has 3 heteroatoms. The molecule has 0 heterocycles. The molecule has 0 rings (SSSR count). The number of amides is 1. The van der Waals surface area contributed by atoms with Gasteiger partial charge in [-0.05, 0) is 13.8 Å². The van der Waals surface area contributed by atoms with Crippen LogP contribution >= 0.6 is 17.0 Å². The molecule has 0 saturated heterocycles. The van der Waals surface area contributed by atoms with Crippen LogP contribution in [0.1, 0.15) is 13.8 Å². The van der Waals surface area contributed by atoms with Crippen molar-refractivity contribution >= 4 is 23.4 Å². The standard InChI is InChI=1S/C5H11NO.BrH/c1-3-6(4-2)5-7;/h5H,3-4H2,1-2H3;1H. The van der Waals surface area contributed by atoms with E-state index in [1.807, 2.05) is 13.8 Å². The van der Waals surface area contributed by atoms with Crippen LogP contribution in [-0.2, 0) is 4.79 Å². The lowest BCUT2D eigenvalue weighted by Gasteiger charge is -2.08. The van der Waals surface area contributed by atoms with E-state index in [-0.39, 0.29) is 17.0 Å². The van der Waals surface area contributed by atoms with Crippen molar-refractivity contribution in [2.45, 2.75) is 13.8 Å². The summed E-state index contributed by atoms with van der Waals surface area (Å²) in [5.41, 5.74) is 0. The minimum absolute atomic E-state index is 0. The van der Waals surface area contributed by atoms with Crippen molar-refractivity contribution in [3.8, 4) is 0 Å². The molecule has 0 spiro atoms. The summed E-state index contributed by atoms with van der Waals surface area (Å²) in [4.78, 5) is 11.6. The first kappa shape index (κ1) is 10.8. The van der Waals surface area contributed by atoms with E-state index in [9.17, 15) is 4.79 Å². The average Bonchev–Trinajstić information content (AvgIpc) is 1.72. The normalized spacial score (nSPS) is 7.25. The van der Waals surface area contributed by atoms with Crippen molar-refractivity contribution in [1.82, 2.24) is 4.90 Å². The fourth-order valence-corrected chi connectivity index (χ4v) is 0.373. The molecule has 50 valence electrons. The number of halogens is 1. The maximum Gasteiger partial charge on any atom is 0.209 e. The van der Waals surface area contributed by atoms with Crippen molar-refractivity contribution in [2.24, 2.45) is 0 Å². The van der Waals surface area contributed by atoms with Gasteiger partial charge in [-0.3, -0.25) is 4.79 Å². The van der Waals surface area contributed by atoms with Crippen molar-refractivity contribution in [2.75, 3.05) is 13.1 Å². The molecule has 0 atom stereocenters. The molecule has 0 aromatic carbocycles. The van der Waals surface area contributed by atoms with Crippen LogP contribution in [0.15, 0.2) is 0 Å². The Kier molecular flexibility index (Phi) is 9.42. The van der Waals surface area contributed by atoms with Crippen LogP contribution in [0.5, 0.6) is 0 Å². The second kappa shape index (κ2) is 6.95. The maximum atomic E-state index is 9.89. The largest absolute Gasteiger partial charge is 0.346 e. The fourth-order valence-electron chi connectivity index (χ4n) is 0.373. The summed E-state index contributed by atoms with van der Waals surface area (Å²) in [6.45, 7) is 5.55. The minimum atomic E-state index is 0. The average molecular weight is 182 g/mol. The molecule has 2 nitrogen and oxygen atoms in total. The smallest absolute Gasteiger partial charge is 0.209 e. The molecule has 1 amide bonds. The highest BCUT2D eigenvalue weighted by atomic mass is 79.9. The minimum Gasteiger partial charge on any atom is -0.346 e. The fraction of sp³-hybridized carbons (Fsp3) is 0.800. The zero-order valence-corrected chi connectivity index (χ0v) is 6.97. The summed E-state index contributed by atoms with van der Waals surface area (Å²) in [5, 5.41) is 0. The Hall–Kier alpha value is -0.0500. The summed E-state index contributed by atoms with van der Waals surface area (Å²) >= 11 is 0. The van der Waals surface area contributed by atoms with Crippen molar-refractivity contribution in [3.63, 3.8) is 0 Å². The number of carbonyl (C=O) groups is 1. The van der Waals surface area contributed by atoms with E-state index in [0.717, 1.165) is 19.5 Å². The second-order valence-corrected chi connectivity index (χ2v) is 1.33. The Morgan fingerprint density at radius 1 is 1.38 bits per heavy atom. The number of hydrogen-bond acceptors (Lipinski definition) is 1. The summed E-state index contributed by atoms with van der Waals surface area (Å²) in [6.07, 6.45) is 0.861. The first-order valence-corrected chi connectivity index (χ1v) is 2.54. The second-order valence-electron chi connectivity index (χ2n) is 1.33. The van der Waals surface area contributed by atoms with Crippen LogP contribution in [0.2, 0.25) is 0 Å². The highest BCUT2D eigenvalue weighted by molar-refractivity contribution is 8.93. The van der Waals surface area contributed by atoms with E-state index in [1.165, 1.54) is 0 Å². The Balaban J connectivity index is 0. The molecule has 0 bridgehead atoms. The third-order valence-corrected chi connectivity index (χ3v) is 0.961. The molecule has 0 aliphatic heterocycles. The van der Waals surface area contributed by atoms with Crippen LogP contribution in [0, 0.1) is 0 Å². The summed E-state index contributed by atoms with van der Waals surface area (Å²) < 4.78 is 0. The van der Waals surface area contributed by atoms with E-state index in [1.54, 1.807) is 4.90 Å². The molecule has 0 radical (unpaired) electrons. The van der Waals surface area contributed by atoms with E-state index >= 15 is 0 Å². The highest BCUT2D eigenvalue weighted by Crippen LogP contribution is 1.75. The molecular formula is C5H12BrNO. The van der Waals surface area contributed by atoms with Gasteiger partial charge in [-0.1, -0.05) is 0 Å². The van der Waals surface area contributed by atoms with Crippen LogP contribution in [0.3, 0.4) is 0 Å². The summed E-state index contributed by atoms with van der Waals surface area (Å²) in [6, 6.07) is 0. The van der Waals surface area contributed by atoms with Gasteiger partial charge in [0, 0.05) is 13.1 Å². The first-order valence-electron chi connectivity index (χ1n) is 2.54. The monoisotopic (exact) mass is 181 g/mol. The first-order chi connectivity index (χ1) is 3.35. The lowest BCUT2D eigenvalue weighted by Crippen LogP contribution is -2.19. The van der Waals surface area contributed by atoms with Gasteiger partial charge in [-0.2, -0.15) is 0 Å². The predicted molar refractivity (Wildman–Crippen MR) is 39.3 cm³/mol. The summed E-state index contributed by atoms with van der Waals surface area (Å²) in [7, 11) is 0. The van der Waals surface area contributed by atoms with Crippen LogP contribution in [-0.4, -0.2) is 24.4 Å². The number of nitrogens with zero attached hydrogens (tertiary/aromatic N) is 1. The van der Waals surface area contributed by atoms with Crippen molar-refractivity contribution in [1.29, 1.82) is 0 Å². The third-order valence-electron chi connectivity index (χ3n) is 0.961. The van der Waals surface area contributed by atoms with E-state index in [0.29, 0.717) is 0 Å². The van der Waals surface area contributed by atoms with Crippen LogP contribution in [0.25, 0.3) is 0 Å². The molecule has 0 aromatic rings. The van der Waals surface area contributed by atoms with E-state index in [2.05, 4.69) is 0 Å². The topological polar surface area (TPSA) is 20.3 Å². The highest BCUT2D eigenvalue weighted by Gasteiger charge is 1.87. The van der Waals surface area contributed by atoms with E-state index < -0.39 is 0 Å². The van der Waals surface area contributed by atoms with Gasteiger partial charge in [0.15, 0.2) is 0 Å². The molecule has 0 aromatic heterocycles. The van der Waals surface area contributed by atoms with Crippen LogP contribution < -0.4 is 0 Å². The third kappa shape index (κ3) is 4.12. The van der Waals surface area contributed by atoms with Gasteiger partial charge in [-0.15, -0.1) is 17.0 Å². The zero-order chi connectivity index (χ0) is 5.70. The number of rotatable bonds is 3. The molecule has 0 fully saturated rings. The SMILES string of the molecule is Br.CCN(C=O)CC. The van der Waals surface area contributed by atoms with Gasteiger partial charge in [-0.25, -0.2) is 0 Å². The molecule has 0 unspecified atom stereocenters. The van der Waals surface area contributed by atoms with Gasteiger partial charge >= 0.3 is 0 Å².